The van der Waals surface area contributed by atoms with Crippen LogP contribution in [0.3, 0.4) is 0 Å². The number of benzene rings is 1. The van der Waals surface area contributed by atoms with Gasteiger partial charge in [-0.1, -0.05) is 20.8 Å². The van der Waals surface area contributed by atoms with E-state index in [1.165, 1.54) is 0 Å². The summed E-state index contributed by atoms with van der Waals surface area (Å²) in [6.07, 6.45) is 2.10. The molecule has 0 aliphatic heterocycles. The Labute approximate surface area is 116 Å². The quantitative estimate of drug-likeness (QED) is 0.782. The lowest BCUT2D eigenvalue weighted by molar-refractivity contribution is 0.597. The Kier molecular flexibility index (Phi) is 5.66. The summed E-state index contributed by atoms with van der Waals surface area (Å²) >= 11 is 0. The first-order valence-electron chi connectivity index (χ1n) is 6.83. The molecule has 1 aromatic carbocycles. The normalized spacial score (nSPS) is 11.5. The monoisotopic (exact) mass is 284 g/mol. The highest BCUT2D eigenvalue weighted by Gasteiger charge is 2.16. The van der Waals surface area contributed by atoms with Gasteiger partial charge in [-0.3, -0.25) is 0 Å². The third-order valence-electron chi connectivity index (χ3n) is 3.06. The molecule has 0 unspecified atom stereocenters. The van der Waals surface area contributed by atoms with Gasteiger partial charge in [0, 0.05) is 18.8 Å². The smallest absolute Gasteiger partial charge is 0.180 e. The Hall–Kier alpha value is -1.23. The molecule has 0 spiro atoms. The molecule has 5 heteroatoms. The van der Waals surface area contributed by atoms with Gasteiger partial charge < -0.3 is 10.6 Å². The molecule has 0 aliphatic rings. The maximum absolute atomic E-state index is 11.9. The van der Waals surface area contributed by atoms with Crippen molar-refractivity contribution in [3.8, 4) is 0 Å². The summed E-state index contributed by atoms with van der Waals surface area (Å²) in [4.78, 5) is 2.48. The van der Waals surface area contributed by atoms with Crippen molar-refractivity contribution < 1.29 is 8.42 Å². The fourth-order valence-electron chi connectivity index (χ4n) is 2.08. The first-order valence-corrected chi connectivity index (χ1v) is 8.48. The Bertz CT molecular complexity index is 506. The van der Waals surface area contributed by atoms with Crippen LogP contribution >= 0.6 is 0 Å². The summed E-state index contributed by atoms with van der Waals surface area (Å²) in [5.74, 6) is 0.0736. The van der Waals surface area contributed by atoms with Crippen LogP contribution in [0, 0.1) is 0 Å². The standard InChI is InChI=1S/C14H24N2O2S/c1-4-9-16(10-5-2)12-7-8-14(13(15)11-12)19(17,18)6-3/h7-8,11H,4-6,9-10,15H2,1-3H3. The van der Waals surface area contributed by atoms with E-state index in [4.69, 9.17) is 5.73 Å². The Balaban J connectivity index is 3.11. The number of anilines is 2. The minimum Gasteiger partial charge on any atom is -0.398 e. The van der Waals surface area contributed by atoms with Gasteiger partial charge in [-0.05, 0) is 31.0 Å². The van der Waals surface area contributed by atoms with Gasteiger partial charge in [0.2, 0.25) is 0 Å². The lowest BCUT2D eigenvalue weighted by atomic mass is 10.2. The van der Waals surface area contributed by atoms with E-state index in [1.807, 2.05) is 6.07 Å². The van der Waals surface area contributed by atoms with Gasteiger partial charge in [-0.2, -0.15) is 0 Å². The first-order chi connectivity index (χ1) is 8.96. The summed E-state index contributed by atoms with van der Waals surface area (Å²) in [6.45, 7) is 7.79. The Morgan fingerprint density at radius 3 is 2.11 bits per heavy atom. The third-order valence-corrected chi connectivity index (χ3v) is 4.86. The molecule has 0 aliphatic carbocycles. The van der Waals surface area contributed by atoms with Gasteiger partial charge in [0.15, 0.2) is 9.84 Å². The lowest BCUT2D eigenvalue weighted by Gasteiger charge is -2.24. The number of nitrogen functional groups attached to an aromatic ring is 1. The Morgan fingerprint density at radius 2 is 1.68 bits per heavy atom. The summed E-state index contributed by atoms with van der Waals surface area (Å²) in [7, 11) is -3.24. The van der Waals surface area contributed by atoms with Crippen molar-refractivity contribution >= 4 is 21.2 Å². The largest absolute Gasteiger partial charge is 0.398 e. The molecular formula is C14H24N2O2S. The van der Waals surface area contributed by atoms with Crippen LogP contribution in [-0.4, -0.2) is 27.3 Å². The molecule has 1 rings (SSSR count). The van der Waals surface area contributed by atoms with E-state index in [9.17, 15) is 8.42 Å². The first kappa shape index (κ1) is 15.8. The molecule has 0 bridgehead atoms. The van der Waals surface area contributed by atoms with E-state index in [0.717, 1.165) is 31.6 Å². The molecule has 0 saturated carbocycles. The molecule has 108 valence electrons. The average molecular weight is 284 g/mol. The zero-order valence-electron chi connectivity index (χ0n) is 12.0. The Morgan fingerprint density at radius 1 is 1.11 bits per heavy atom. The van der Waals surface area contributed by atoms with Gasteiger partial charge >= 0.3 is 0 Å². The number of hydrogen-bond acceptors (Lipinski definition) is 4. The maximum atomic E-state index is 11.9. The SMILES string of the molecule is CCCN(CCC)c1ccc(S(=O)(=O)CC)c(N)c1. The number of nitrogens with zero attached hydrogens (tertiary/aromatic N) is 1. The highest BCUT2D eigenvalue weighted by atomic mass is 32.2. The van der Waals surface area contributed by atoms with Crippen LogP contribution in [0.15, 0.2) is 23.1 Å². The van der Waals surface area contributed by atoms with E-state index < -0.39 is 9.84 Å². The second kappa shape index (κ2) is 6.80. The number of sulfone groups is 1. The fraction of sp³-hybridized carbons (Fsp3) is 0.571. The maximum Gasteiger partial charge on any atom is 0.180 e. The molecule has 1 aromatic rings. The van der Waals surface area contributed by atoms with Gasteiger partial charge in [-0.15, -0.1) is 0 Å². The van der Waals surface area contributed by atoms with E-state index >= 15 is 0 Å². The van der Waals surface area contributed by atoms with E-state index in [2.05, 4.69) is 18.7 Å². The van der Waals surface area contributed by atoms with Gasteiger partial charge in [0.1, 0.15) is 0 Å². The molecule has 0 heterocycles. The third kappa shape index (κ3) is 3.86. The lowest BCUT2D eigenvalue weighted by Crippen LogP contribution is -2.25. The van der Waals surface area contributed by atoms with Crippen molar-refractivity contribution in [3.05, 3.63) is 18.2 Å². The molecule has 0 aromatic heterocycles. The van der Waals surface area contributed by atoms with Crippen LogP contribution < -0.4 is 10.6 Å². The molecule has 0 amide bonds. The van der Waals surface area contributed by atoms with E-state index in [0.29, 0.717) is 5.69 Å². The van der Waals surface area contributed by atoms with Crippen LogP contribution in [0.5, 0.6) is 0 Å². The molecular weight excluding hydrogens is 260 g/mol. The van der Waals surface area contributed by atoms with Crippen molar-refractivity contribution in [2.75, 3.05) is 29.5 Å². The summed E-state index contributed by atoms with van der Waals surface area (Å²) in [5, 5.41) is 0. The van der Waals surface area contributed by atoms with Crippen molar-refractivity contribution in [3.63, 3.8) is 0 Å². The fourth-order valence-corrected chi connectivity index (χ4v) is 3.09. The van der Waals surface area contributed by atoms with E-state index in [-0.39, 0.29) is 10.6 Å². The zero-order chi connectivity index (χ0) is 14.5. The molecule has 4 nitrogen and oxygen atoms in total. The van der Waals surface area contributed by atoms with Crippen molar-refractivity contribution in [2.45, 2.75) is 38.5 Å². The van der Waals surface area contributed by atoms with Crippen LogP contribution in [0.4, 0.5) is 11.4 Å². The molecule has 0 atom stereocenters. The highest BCUT2D eigenvalue weighted by Crippen LogP contribution is 2.26. The molecule has 0 radical (unpaired) electrons. The zero-order valence-corrected chi connectivity index (χ0v) is 12.8. The van der Waals surface area contributed by atoms with E-state index in [1.54, 1.807) is 19.1 Å². The highest BCUT2D eigenvalue weighted by molar-refractivity contribution is 7.91. The second-order valence-corrected chi connectivity index (χ2v) is 6.86. The molecule has 19 heavy (non-hydrogen) atoms. The van der Waals surface area contributed by atoms with Crippen LogP contribution in [0.1, 0.15) is 33.6 Å². The molecule has 2 N–H and O–H groups in total. The topological polar surface area (TPSA) is 63.4 Å². The molecule has 0 fully saturated rings. The van der Waals surface area contributed by atoms with Crippen molar-refractivity contribution in [1.29, 1.82) is 0 Å². The van der Waals surface area contributed by atoms with Gasteiger partial charge in [0.25, 0.3) is 0 Å². The summed E-state index contributed by atoms with van der Waals surface area (Å²) < 4.78 is 23.7. The minimum absolute atomic E-state index is 0.0736. The number of rotatable bonds is 7. The summed E-state index contributed by atoms with van der Waals surface area (Å²) in [5.41, 5.74) is 7.25. The number of hydrogen-bond donors (Lipinski definition) is 1. The second-order valence-electron chi connectivity index (χ2n) is 4.61. The molecule has 0 saturated heterocycles. The summed E-state index contributed by atoms with van der Waals surface area (Å²) in [6, 6.07) is 5.25. The predicted octanol–water partition coefficient (Wildman–Crippen LogP) is 2.69. The van der Waals surface area contributed by atoms with Crippen molar-refractivity contribution in [2.24, 2.45) is 0 Å². The van der Waals surface area contributed by atoms with Crippen LogP contribution in [0.25, 0.3) is 0 Å². The minimum atomic E-state index is -3.24. The van der Waals surface area contributed by atoms with Crippen LogP contribution in [-0.2, 0) is 9.84 Å². The van der Waals surface area contributed by atoms with Crippen molar-refractivity contribution in [1.82, 2.24) is 0 Å². The van der Waals surface area contributed by atoms with Gasteiger partial charge in [0.05, 0.1) is 16.3 Å². The van der Waals surface area contributed by atoms with Crippen LogP contribution in [0.2, 0.25) is 0 Å². The van der Waals surface area contributed by atoms with Gasteiger partial charge in [-0.25, -0.2) is 8.42 Å². The number of nitrogens with two attached hydrogens (primary N) is 1. The average Bonchev–Trinajstić information content (AvgIpc) is 2.38. The predicted molar refractivity (Wildman–Crippen MR) is 81.4 cm³/mol.